The Balaban J connectivity index is 1.67. The van der Waals surface area contributed by atoms with Gasteiger partial charge >= 0.3 is 0 Å². The van der Waals surface area contributed by atoms with Crippen molar-refractivity contribution in [2.45, 2.75) is 44.9 Å². The van der Waals surface area contributed by atoms with Gasteiger partial charge in [-0.3, -0.25) is 9.48 Å². The fourth-order valence-electron chi connectivity index (χ4n) is 4.12. The van der Waals surface area contributed by atoms with Crippen molar-refractivity contribution in [3.05, 3.63) is 12.0 Å². The maximum absolute atomic E-state index is 12.2. The number of nitrogens with zero attached hydrogens (tertiary/aromatic N) is 5. The summed E-state index contributed by atoms with van der Waals surface area (Å²) in [6, 6.07) is 0. The van der Waals surface area contributed by atoms with Crippen molar-refractivity contribution in [2.75, 3.05) is 24.5 Å². The molecule has 2 fully saturated rings. The third-order valence-corrected chi connectivity index (χ3v) is 5.52. The molecule has 0 radical (unpaired) electrons. The molecule has 0 aromatic carbocycles. The number of nitrogens with one attached hydrogen (secondary N) is 1. The normalized spacial score (nSPS) is 21.4. The molecule has 1 atom stereocenters. The van der Waals surface area contributed by atoms with E-state index in [2.05, 4.69) is 15.3 Å². The number of aromatic nitrogens is 4. The third-order valence-electron chi connectivity index (χ3n) is 5.52. The van der Waals surface area contributed by atoms with Crippen molar-refractivity contribution in [3.8, 4) is 0 Å². The minimum absolute atomic E-state index is 0.0385. The Bertz CT molecular complexity index is 779. The lowest BCUT2D eigenvalue weighted by Crippen LogP contribution is -2.32. The van der Waals surface area contributed by atoms with Gasteiger partial charge in [0.05, 0.1) is 17.5 Å². The van der Waals surface area contributed by atoms with Gasteiger partial charge in [0.25, 0.3) is 0 Å². The van der Waals surface area contributed by atoms with Crippen LogP contribution in [0.3, 0.4) is 0 Å². The Morgan fingerprint density at radius 2 is 2.08 bits per heavy atom. The summed E-state index contributed by atoms with van der Waals surface area (Å²) < 4.78 is 1.83. The average Bonchev–Trinajstić information content (AvgIpc) is 3.36. The van der Waals surface area contributed by atoms with E-state index >= 15 is 0 Å². The maximum Gasteiger partial charge on any atom is 0.224 e. The molecular formula is C18H26N6O. The summed E-state index contributed by atoms with van der Waals surface area (Å²) in [5.41, 5.74) is 0.897. The van der Waals surface area contributed by atoms with Crippen LogP contribution in [0.15, 0.2) is 6.20 Å². The first-order chi connectivity index (χ1) is 12.2. The van der Waals surface area contributed by atoms with Crippen LogP contribution in [-0.2, 0) is 11.8 Å². The van der Waals surface area contributed by atoms with Gasteiger partial charge in [0.15, 0.2) is 5.65 Å². The Morgan fingerprint density at radius 1 is 1.28 bits per heavy atom. The van der Waals surface area contributed by atoms with Gasteiger partial charge in [-0.05, 0) is 26.2 Å². The topological polar surface area (TPSA) is 75.9 Å². The molecule has 0 bridgehead atoms. The molecule has 7 nitrogen and oxygen atoms in total. The summed E-state index contributed by atoms with van der Waals surface area (Å²) in [7, 11) is 1.93. The molecule has 25 heavy (non-hydrogen) atoms. The third kappa shape index (κ3) is 2.96. The molecule has 1 saturated carbocycles. The number of hydrogen-bond acceptors (Lipinski definition) is 5. The van der Waals surface area contributed by atoms with Crippen molar-refractivity contribution in [3.63, 3.8) is 0 Å². The van der Waals surface area contributed by atoms with Crippen LogP contribution >= 0.6 is 0 Å². The molecule has 1 saturated heterocycles. The first-order valence-electron chi connectivity index (χ1n) is 9.39. The second kappa shape index (κ2) is 6.61. The van der Waals surface area contributed by atoms with Gasteiger partial charge < -0.3 is 10.2 Å². The molecule has 2 aliphatic rings. The largest absolute Gasteiger partial charge is 0.356 e. The number of anilines is 1. The van der Waals surface area contributed by atoms with Crippen LogP contribution < -0.4 is 10.2 Å². The van der Waals surface area contributed by atoms with Crippen molar-refractivity contribution in [1.82, 2.24) is 25.1 Å². The van der Waals surface area contributed by atoms with E-state index in [1.54, 1.807) is 0 Å². The van der Waals surface area contributed by atoms with Crippen LogP contribution in [0, 0.1) is 5.92 Å². The lowest BCUT2D eigenvalue weighted by molar-refractivity contribution is -0.124. The van der Waals surface area contributed by atoms with Crippen LogP contribution in [0.1, 0.15) is 50.8 Å². The van der Waals surface area contributed by atoms with Crippen LogP contribution in [0.2, 0.25) is 0 Å². The van der Waals surface area contributed by atoms with E-state index in [-0.39, 0.29) is 11.8 Å². The average molecular weight is 342 g/mol. The molecule has 1 aliphatic heterocycles. The number of carbonyl (C=O) groups excluding carboxylic acids is 1. The van der Waals surface area contributed by atoms with E-state index < -0.39 is 0 Å². The number of fused-ring (bicyclic) bond motifs is 1. The SMILES string of the molecule is CCNC(=O)[C@H]1CCN(c2nc(C3CCCC3)nc3c2cnn3C)C1. The van der Waals surface area contributed by atoms with Gasteiger partial charge in [-0.1, -0.05) is 12.8 Å². The standard InChI is InChI=1S/C18H26N6O/c1-3-19-18(25)13-8-9-24(11-13)17-14-10-20-23(2)16(14)21-15(22-17)12-6-4-5-7-12/h10,12-13H,3-9,11H2,1-2H3,(H,19,25)/t13-/m0/s1. The lowest BCUT2D eigenvalue weighted by atomic mass is 10.1. The summed E-state index contributed by atoms with van der Waals surface area (Å²) in [5, 5.41) is 8.32. The fourth-order valence-corrected chi connectivity index (χ4v) is 4.12. The summed E-state index contributed by atoms with van der Waals surface area (Å²) in [6.07, 6.45) is 7.58. The first kappa shape index (κ1) is 16.3. The molecular weight excluding hydrogens is 316 g/mol. The minimum atomic E-state index is 0.0385. The molecule has 3 heterocycles. The van der Waals surface area contributed by atoms with Gasteiger partial charge in [-0.15, -0.1) is 0 Å². The molecule has 2 aromatic heterocycles. The highest BCUT2D eigenvalue weighted by Gasteiger charge is 2.31. The fraction of sp³-hybridized carbons (Fsp3) is 0.667. The molecule has 2 aromatic rings. The highest BCUT2D eigenvalue weighted by Crippen LogP contribution is 2.35. The van der Waals surface area contributed by atoms with E-state index in [1.165, 1.54) is 25.7 Å². The lowest BCUT2D eigenvalue weighted by Gasteiger charge is -2.20. The van der Waals surface area contributed by atoms with Gasteiger partial charge in [-0.25, -0.2) is 9.97 Å². The Labute approximate surface area is 147 Å². The number of carbonyl (C=O) groups is 1. The van der Waals surface area contributed by atoms with Gasteiger partial charge in [0.2, 0.25) is 5.91 Å². The molecule has 1 amide bonds. The zero-order valence-corrected chi connectivity index (χ0v) is 15.0. The molecule has 0 spiro atoms. The van der Waals surface area contributed by atoms with Crippen molar-refractivity contribution in [1.29, 1.82) is 0 Å². The molecule has 7 heteroatoms. The van der Waals surface area contributed by atoms with Gasteiger partial charge in [0.1, 0.15) is 11.6 Å². The van der Waals surface area contributed by atoms with E-state index in [0.717, 1.165) is 42.2 Å². The summed E-state index contributed by atoms with van der Waals surface area (Å²) >= 11 is 0. The maximum atomic E-state index is 12.2. The van der Waals surface area contributed by atoms with Crippen LogP contribution in [0.5, 0.6) is 0 Å². The molecule has 134 valence electrons. The Kier molecular flexibility index (Phi) is 4.31. The predicted octanol–water partition coefficient (Wildman–Crippen LogP) is 1.98. The summed E-state index contributed by atoms with van der Waals surface area (Å²) in [5.74, 6) is 2.55. The van der Waals surface area contributed by atoms with Crippen LogP contribution in [0.25, 0.3) is 11.0 Å². The highest BCUT2D eigenvalue weighted by atomic mass is 16.1. The zero-order chi connectivity index (χ0) is 17.4. The number of amides is 1. The minimum Gasteiger partial charge on any atom is -0.356 e. The van der Waals surface area contributed by atoms with Gasteiger partial charge in [0, 0.05) is 32.6 Å². The first-order valence-corrected chi connectivity index (χ1v) is 9.39. The van der Waals surface area contributed by atoms with E-state index in [0.29, 0.717) is 12.5 Å². The monoisotopic (exact) mass is 342 g/mol. The Hall–Kier alpha value is -2.18. The quantitative estimate of drug-likeness (QED) is 0.919. The number of aryl methyl sites for hydroxylation is 1. The summed E-state index contributed by atoms with van der Waals surface area (Å²) in [4.78, 5) is 24.2. The van der Waals surface area contributed by atoms with E-state index in [4.69, 9.17) is 9.97 Å². The van der Waals surface area contributed by atoms with Crippen molar-refractivity contribution < 1.29 is 4.79 Å². The molecule has 0 unspecified atom stereocenters. The number of rotatable bonds is 4. The van der Waals surface area contributed by atoms with E-state index in [9.17, 15) is 4.79 Å². The number of hydrogen-bond donors (Lipinski definition) is 1. The molecule has 1 N–H and O–H groups in total. The molecule has 4 rings (SSSR count). The second-order valence-electron chi connectivity index (χ2n) is 7.22. The summed E-state index contributed by atoms with van der Waals surface area (Å²) in [6.45, 7) is 4.22. The zero-order valence-electron chi connectivity index (χ0n) is 15.0. The van der Waals surface area contributed by atoms with Gasteiger partial charge in [-0.2, -0.15) is 5.10 Å². The smallest absolute Gasteiger partial charge is 0.224 e. The van der Waals surface area contributed by atoms with Crippen LogP contribution in [-0.4, -0.2) is 45.3 Å². The van der Waals surface area contributed by atoms with Crippen molar-refractivity contribution >= 4 is 22.8 Å². The Morgan fingerprint density at radius 3 is 2.84 bits per heavy atom. The molecule has 1 aliphatic carbocycles. The van der Waals surface area contributed by atoms with Crippen molar-refractivity contribution in [2.24, 2.45) is 13.0 Å². The van der Waals surface area contributed by atoms with E-state index in [1.807, 2.05) is 24.9 Å². The van der Waals surface area contributed by atoms with Crippen LogP contribution in [0.4, 0.5) is 5.82 Å². The highest BCUT2D eigenvalue weighted by molar-refractivity contribution is 5.88. The second-order valence-corrected chi connectivity index (χ2v) is 7.22. The predicted molar refractivity (Wildman–Crippen MR) is 96.5 cm³/mol.